The zero-order valence-corrected chi connectivity index (χ0v) is 13.5. The van der Waals surface area contributed by atoms with Crippen molar-refractivity contribution in [1.82, 2.24) is 15.8 Å². The molecule has 4 N–H and O–H groups in total. The Labute approximate surface area is 136 Å². The standard InChI is InChI=1S/C17H25FN4O/c1-11(19)12-5-4-8-22(10-12)17(23)14-9-20-21-16(14)13-6-2-3-7-15(13)18/h2-3,6-7,11-12,14,16,20-21H,4-5,8-10,19H2,1H3. The SMILES string of the molecule is CC(N)C1CCCN(C(=O)C2CNNC2c2ccccc2F)C1. The number of rotatable bonds is 3. The highest BCUT2D eigenvalue weighted by molar-refractivity contribution is 5.80. The lowest BCUT2D eigenvalue weighted by atomic mass is 9.89. The van der Waals surface area contributed by atoms with Crippen LogP contribution in [0.3, 0.4) is 0 Å². The molecule has 5 nitrogen and oxygen atoms in total. The maximum absolute atomic E-state index is 14.1. The van der Waals surface area contributed by atoms with Gasteiger partial charge in [0.1, 0.15) is 5.82 Å². The van der Waals surface area contributed by atoms with E-state index >= 15 is 0 Å². The topological polar surface area (TPSA) is 70.4 Å². The Morgan fingerprint density at radius 1 is 1.43 bits per heavy atom. The molecule has 1 aromatic rings. The van der Waals surface area contributed by atoms with E-state index in [1.165, 1.54) is 6.07 Å². The third-order valence-electron chi connectivity index (χ3n) is 5.05. The summed E-state index contributed by atoms with van der Waals surface area (Å²) in [6.45, 7) is 3.98. The number of nitrogens with two attached hydrogens (primary N) is 1. The summed E-state index contributed by atoms with van der Waals surface area (Å²) in [6.07, 6.45) is 2.05. The van der Waals surface area contributed by atoms with Crippen molar-refractivity contribution >= 4 is 5.91 Å². The van der Waals surface area contributed by atoms with Gasteiger partial charge in [0.15, 0.2) is 0 Å². The molecular formula is C17H25FN4O. The second-order valence-electron chi connectivity index (χ2n) is 6.68. The monoisotopic (exact) mass is 320 g/mol. The van der Waals surface area contributed by atoms with Gasteiger partial charge in [0.2, 0.25) is 5.91 Å². The fourth-order valence-electron chi connectivity index (χ4n) is 3.62. The quantitative estimate of drug-likeness (QED) is 0.782. The van der Waals surface area contributed by atoms with Gasteiger partial charge >= 0.3 is 0 Å². The van der Waals surface area contributed by atoms with Crippen LogP contribution in [-0.2, 0) is 4.79 Å². The molecule has 4 unspecified atom stereocenters. The summed E-state index contributed by atoms with van der Waals surface area (Å²) < 4.78 is 14.1. The van der Waals surface area contributed by atoms with E-state index in [-0.39, 0.29) is 29.7 Å². The highest BCUT2D eigenvalue weighted by Gasteiger charge is 2.39. The van der Waals surface area contributed by atoms with Crippen molar-refractivity contribution in [2.75, 3.05) is 19.6 Å². The molecule has 1 aromatic carbocycles. The fraction of sp³-hybridized carbons (Fsp3) is 0.588. The van der Waals surface area contributed by atoms with E-state index < -0.39 is 0 Å². The van der Waals surface area contributed by atoms with Crippen molar-refractivity contribution in [1.29, 1.82) is 0 Å². The van der Waals surface area contributed by atoms with Gasteiger partial charge in [0.05, 0.1) is 12.0 Å². The number of carbonyl (C=O) groups excluding carboxylic acids is 1. The van der Waals surface area contributed by atoms with Crippen LogP contribution in [0.4, 0.5) is 4.39 Å². The first-order chi connectivity index (χ1) is 11.1. The molecule has 0 aromatic heterocycles. The van der Waals surface area contributed by atoms with Gasteiger partial charge in [-0.05, 0) is 31.7 Å². The van der Waals surface area contributed by atoms with Crippen LogP contribution >= 0.6 is 0 Å². The molecule has 6 heteroatoms. The number of benzene rings is 1. The minimum Gasteiger partial charge on any atom is -0.342 e. The average Bonchev–Trinajstić information content (AvgIpc) is 3.04. The Morgan fingerprint density at radius 2 is 2.22 bits per heavy atom. The number of halogens is 1. The summed E-state index contributed by atoms with van der Waals surface area (Å²) in [4.78, 5) is 14.9. The highest BCUT2D eigenvalue weighted by atomic mass is 19.1. The summed E-state index contributed by atoms with van der Waals surface area (Å²) in [5, 5.41) is 0. The molecule has 2 aliphatic rings. The molecule has 0 saturated carbocycles. The van der Waals surface area contributed by atoms with E-state index in [4.69, 9.17) is 5.73 Å². The first-order valence-electron chi connectivity index (χ1n) is 8.35. The van der Waals surface area contributed by atoms with E-state index in [1.807, 2.05) is 11.8 Å². The van der Waals surface area contributed by atoms with E-state index in [2.05, 4.69) is 10.9 Å². The molecule has 2 aliphatic heterocycles. The maximum atomic E-state index is 14.1. The minimum absolute atomic E-state index is 0.0844. The lowest BCUT2D eigenvalue weighted by molar-refractivity contribution is -0.137. The van der Waals surface area contributed by atoms with Gasteiger partial charge in [0.25, 0.3) is 0 Å². The first-order valence-corrected chi connectivity index (χ1v) is 8.35. The van der Waals surface area contributed by atoms with Crippen LogP contribution in [0.15, 0.2) is 24.3 Å². The number of likely N-dealkylation sites (tertiary alicyclic amines) is 1. The summed E-state index contributed by atoms with van der Waals surface area (Å²) >= 11 is 0. The van der Waals surface area contributed by atoms with Crippen molar-refractivity contribution < 1.29 is 9.18 Å². The lowest BCUT2D eigenvalue weighted by Crippen LogP contribution is -2.48. The molecule has 0 radical (unpaired) electrons. The number of nitrogens with zero attached hydrogens (tertiary/aromatic N) is 1. The van der Waals surface area contributed by atoms with Gasteiger partial charge in [-0.2, -0.15) is 0 Å². The van der Waals surface area contributed by atoms with Gasteiger partial charge < -0.3 is 10.6 Å². The second kappa shape index (κ2) is 6.95. The third-order valence-corrected chi connectivity index (χ3v) is 5.05. The van der Waals surface area contributed by atoms with Crippen LogP contribution in [0, 0.1) is 17.7 Å². The predicted molar refractivity (Wildman–Crippen MR) is 86.7 cm³/mol. The Morgan fingerprint density at radius 3 is 2.96 bits per heavy atom. The smallest absolute Gasteiger partial charge is 0.229 e. The number of amides is 1. The van der Waals surface area contributed by atoms with Crippen molar-refractivity contribution in [3.05, 3.63) is 35.6 Å². The van der Waals surface area contributed by atoms with E-state index in [0.717, 1.165) is 19.4 Å². The van der Waals surface area contributed by atoms with Crippen molar-refractivity contribution in [3.63, 3.8) is 0 Å². The number of carbonyl (C=O) groups is 1. The second-order valence-corrected chi connectivity index (χ2v) is 6.68. The van der Waals surface area contributed by atoms with Crippen LogP contribution in [0.5, 0.6) is 0 Å². The molecule has 0 bridgehead atoms. The summed E-state index contributed by atoms with van der Waals surface area (Å²) in [5.41, 5.74) is 12.6. The molecular weight excluding hydrogens is 295 g/mol. The van der Waals surface area contributed by atoms with Crippen LogP contribution < -0.4 is 16.6 Å². The zero-order valence-electron chi connectivity index (χ0n) is 13.5. The number of hydrazine groups is 1. The number of hydrogen-bond acceptors (Lipinski definition) is 4. The Hall–Kier alpha value is -1.50. The highest BCUT2D eigenvalue weighted by Crippen LogP contribution is 2.30. The molecule has 2 fully saturated rings. The average molecular weight is 320 g/mol. The number of hydrogen-bond donors (Lipinski definition) is 3. The van der Waals surface area contributed by atoms with Crippen LogP contribution in [0.2, 0.25) is 0 Å². The maximum Gasteiger partial charge on any atom is 0.229 e. The normalized spacial score (nSPS) is 29.5. The molecule has 126 valence electrons. The molecule has 0 spiro atoms. The van der Waals surface area contributed by atoms with Crippen molar-refractivity contribution in [2.24, 2.45) is 17.6 Å². The Kier molecular flexibility index (Phi) is 4.94. The molecule has 23 heavy (non-hydrogen) atoms. The van der Waals surface area contributed by atoms with Crippen LogP contribution in [0.25, 0.3) is 0 Å². The fourth-order valence-corrected chi connectivity index (χ4v) is 3.62. The molecule has 1 amide bonds. The van der Waals surface area contributed by atoms with Crippen LogP contribution in [-0.4, -0.2) is 36.5 Å². The van der Waals surface area contributed by atoms with E-state index in [1.54, 1.807) is 18.2 Å². The van der Waals surface area contributed by atoms with Gasteiger partial charge in [-0.1, -0.05) is 18.2 Å². The van der Waals surface area contributed by atoms with Gasteiger partial charge in [0, 0.05) is 31.2 Å². The van der Waals surface area contributed by atoms with Gasteiger partial charge in [-0.25, -0.2) is 9.82 Å². The lowest BCUT2D eigenvalue weighted by Gasteiger charge is -2.36. The summed E-state index contributed by atoms with van der Waals surface area (Å²) in [7, 11) is 0. The van der Waals surface area contributed by atoms with E-state index in [0.29, 0.717) is 24.6 Å². The van der Waals surface area contributed by atoms with E-state index in [9.17, 15) is 9.18 Å². The first kappa shape index (κ1) is 16.4. The van der Waals surface area contributed by atoms with Crippen molar-refractivity contribution in [2.45, 2.75) is 31.8 Å². The molecule has 3 rings (SSSR count). The number of nitrogens with one attached hydrogen (secondary N) is 2. The zero-order chi connectivity index (χ0) is 16.4. The molecule has 2 saturated heterocycles. The Balaban J connectivity index is 1.75. The number of piperidine rings is 1. The van der Waals surface area contributed by atoms with Gasteiger partial charge in [-0.15, -0.1) is 0 Å². The molecule has 0 aliphatic carbocycles. The third kappa shape index (κ3) is 3.39. The molecule has 2 heterocycles. The van der Waals surface area contributed by atoms with Crippen molar-refractivity contribution in [3.8, 4) is 0 Å². The minimum atomic E-state index is -0.334. The Bertz CT molecular complexity index is 565. The van der Waals surface area contributed by atoms with Crippen LogP contribution in [0.1, 0.15) is 31.4 Å². The molecule has 4 atom stereocenters. The van der Waals surface area contributed by atoms with Gasteiger partial charge in [-0.3, -0.25) is 10.2 Å². The summed E-state index contributed by atoms with van der Waals surface area (Å²) in [6, 6.07) is 6.39. The summed E-state index contributed by atoms with van der Waals surface area (Å²) in [5.74, 6) is -0.139. The largest absolute Gasteiger partial charge is 0.342 e. The predicted octanol–water partition coefficient (Wildman–Crippen LogP) is 1.18.